The van der Waals surface area contributed by atoms with Crippen LogP contribution in [0.1, 0.15) is 10.4 Å². The summed E-state index contributed by atoms with van der Waals surface area (Å²) in [5.74, 6) is -0.0488. The van der Waals surface area contributed by atoms with Crippen molar-refractivity contribution in [3.8, 4) is 0 Å². The lowest BCUT2D eigenvalue weighted by atomic mass is 9.80. The molecule has 0 aromatic heterocycles. The molecule has 2 rings (SSSR count). The first-order valence-corrected chi connectivity index (χ1v) is 5.51. The summed E-state index contributed by atoms with van der Waals surface area (Å²) >= 11 is 0. The van der Waals surface area contributed by atoms with Gasteiger partial charge >= 0.3 is 7.12 Å². The van der Waals surface area contributed by atoms with Crippen LogP contribution in [0.25, 0.3) is 0 Å². The summed E-state index contributed by atoms with van der Waals surface area (Å²) in [4.78, 5) is 13.8. The van der Waals surface area contributed by atoms with E-state index in [2.05, 4.69) is 0 Å². The van der Waals surface area contributed by atoms with Crippen molar-refractivity contribution in [3.63, 3.8) is 0 Å². The maximum absolute atomic E-state index is 12.0. The zero-order valence-corrected chi connectivity index (χ0v) is 9.37. The number of hydrogen-bond donors (Lipinski definition) is 2. The second-order valence-corrected chi connectivity index (χ2v) is 3.90. The van der Waals surface area contributed by atoms with Crippen LogP contribution < -0.4 is 5.46 Å². The third kappa shape index (κ3) is 2.85. The van der Waals surface area contributed by atoms with E-state index in [9.17, 15) is 4.79 Å². The van der Waals surface area contributed by atoms with E-state index in [1.165, 1.54) is 0 Å². The van der Waals surface area contributed by atoms with Crippen LogP contribution in [0.15, 0.2) is 24.3 Å². The van der Waals surface area contributed by atoms with Crippen molar-refractivity contribution in [2.45, 2.75) is 0 Å². The fourth-order valence-electron chi connectivity index (χ4n) is 1.75. The number of hydrogen-bond acceptors (Lipinski definition) is 4. The first-order valence-electron chi connectivity index (χ1n) is 5.51. The summed E-state index contributed by atoms with van der Waals surface area (Å²) in [5.41, 5.74) is 0.930. The molecule has 1 amide bonds. The highest BCUT2D eigenvalue weighted by Gasteiger charge is 2.19. The van der Waals surface area contributed by atoms with Crippen LogP contribution in [0.4, 0.5) is 0 Å². The van der Waals surface area contributed by atoms with Crippen LogP contribution in [0.5, 0.6) is 0 Å². The van der Waals surface area contributed by atoms with E-state index in [0.29, 0.717) is 37.3 Å². The van der Waals surface area contributed by atoms with Gasteiger partial charge in [0.1, 0.15) is 0 Å². The number of amides is 1. The Morgan fingerprint density at radius 2 is 1.76 bits per heavy atom. The molecule has 1 heterocycles. The van der Waals surface area contributed by atoms with Crippen molar-refractivity contribution in [2.24, 2.45) is 0 Å². The van der Waals surface area contributed by atoms with Gasteiger partial charge in [-0.25, -0.2) is 0 Å². The Kier molecular flexibility index (Phi) is 3.78. The molecule has 6 heteroatoms. The number of nitrogens with zero attached hydrogens (tertiary/aromatic N) is 1. The monoisotopic (exact) mass is 235 g/mol. The van der Waals surface area contributed by atoms with E-state index < -0.39 is 7.12 Å². The van der Waals surface area contributed by atoms with E-state index >= 15 is 0 Å². The summed E-state index contributed by atoms with van der Waals surface area (Å²) in [5, 5.41) is 17.9. The first kappa shape index (κ1) is 12.1. The number of carbonyl (C=O) groups is 1. The Bertz CT molecular complexity index is 387. The molecule has 1 saturated heterocycles. The molecule has 0 saturated carbocycles. The van der Waals surface area contributed by atoms with E-state index in [4.69, 9.17) is 14.8 Å². The van der Waals surface area contributed by atoms with Gasteiger partial charge in [0.05, 0.1) is 13.2 Å². The minimum Gasteiger partial charge on any atom is -0.423 e. The van der Waals surface area contributed by atoms with Gasteiger partial charge in [-0.1, -0.05) is 12.1 Å². The molecular weight excluding hydrogens is 221 g/mol. The molecule has 0 unspecified atom stereocenters. The molecule has 0 radical (unpaired) electrons. The first-order chi connectivity index (χ1) is 8.18. The number of carbonyl (C=O) groups excluding carboxylic acids is 1. The van der Waals surface area contributed by atoms with Gasteiger partial charge in [0.2, 0.25) is 0 Å². The molecule has 1 aromatic carbocycles. The minimum atomic E-state index is -1.50. The van der Waals surface area contributed by atoms with Gasteiger partial charge in [0, 0.05) is 18.7 Å². The molecule has 1 aromatic rings. The van der Waals surface area contributed by atoms with E-state index in [1.54, 1.807) is 29.2 Å². The summed E-state index contributed by atoms with van der Waals surface area (Å²) in [6.07, 6.45) is 0. The number of rotatable bonds is 2. The van der Waals surface area contributed by atoms with Gasteiger partial charge in [0.25, 0.3) is 5.91 Å². The molecule has 17 heavy (non-hydrogen) atoms. The molecule has 0 spiro atoms. The van der Waals surface area contributed by atoms with Crippen molar-refractivity contribution in [1.82, 2.24) is 4.90 Å². The van der Waals surface area contributed by atoms with Crippen LogP contribution >= 0.6 is 0 Å². The standard InChI is InChI=1S/C11H14BNO4/c14-11(13-5-7-17-8-6-13)9-1-3-10(4-2-9)12(15)16/h1-4,15-16H,5-8H2. The quantitative estimate of drug-likeness (QED) is 0.634. The topological polar surface area (TPSA) is 70.0 Å². The lowest BCUT2D eigenvalue weighted by Crippen LogP contribution is -2.40. The molecular formula is C11H14BNO4. The Morgan fingerprint density at radius 3 is 2.29 bits per heavy atom. The smallest absolute Gasteiger partial charge is 0.423 e. The third-order valence-electron chi connectivity index (χ3n) is 2.75. The predicted molar refractivity (Wildman–Crippen MR) is 63.0 cm³/mol. The number of benzene rings is 1. The zero-order valence-electron chi connectivity index (χ0n) is 9.37. The Hall–Kier alpha value is -1.37. The van der Waals surface area contributed by atoms with E-state index in [1.807, 2.05) is 0 Å². The fourth-order valence-corrected chi connectivity index (χ4v) is 1.75. The average Bonchev–Trinajstić information content (AvgIpc) is 2.39. The highest BCUT2D eigenvalue weighted by molar-refractivity contribution is 6.58. The number of morpholine rings is 1. The Balaban J connectivity index is 2.08. The van der Waals surface area contributed by atoms with Crippen LogP contribution in [-0.4, -0.2) is 54.3 Å². The van der Waals surface area contributed by atoms with E-state index in [-0.39, 0.29) is 5.91 Å². The average molecular weight is 235 g/mol. The second kappa shape index (κ2) is 5.31. The maximum atomic E-state index is 12.0. The number of ether oxygens (including phenoxy) is 1. The third-order valence-corrected chi connectivity index (χ3v) is 2.75. The molecule has 5 nitrogen and oxygen atoms in total. The molecule has 1 aliphatic heterocycles. The van der Waals surface area contributed by atoms with Gasteiger partial charge in [0.15, 0.2) is 0 Å². The van der Waals surface area contributed by atoms with Crippen LogP contribution in [-0.2, 0) is 4.74 Å². The zero-order chi connectivity index (χ0) is 12.3. The minimum absolute atomic E-state index is 0.0488. The SMILES string of the molecule is O=C(c1ccc(B(O)O)cc1)N1CCOCC1. The maximum Gasteiger partial charge on any atom is 0.488 e. The molecule has 1 fully saturated rings. The highest BCUT2D eigenvalue weighted by Crippen LogP contribution is 2.06. The van der Waals surface area contributed by atoms with Crippen molar-refractivity contribution >= 4 is 18.5 Å². The van der Waals surface area contributed by atoms with Crippen LogP contribution in [0.3, 0.4) is 0 Å². The normalized spacial score (nSPS) is 15.8. The summed E-state index contributed by atoms with van der Waals surface area (Å²) < 4.78 is 5.18. The predicted octanol–water partition coefficient (Wildman–Crippen LogP) is -1.16. The second-order valence-electron chi connectivity index (χ2n) is 3.90. The molecule has 2 N–H and O–H groups in total. The fraction of sp³-hybridized carbons (Fsp3) is 0.364. The summed E-state index contributed by atoms with van der Waals surface area (Å²) in [6, 6.07) is 6.29. The molecule has 0 bridgehead atoms. The van der Waals surface area contributed by atoms with Gasteiger partial charge in [-0.3, -0.25) is 4.79 Å². The van der Waals surface area contributed by atoms with Crippen molar-refractivity contribution in [1.29, 1.82) is 0 Å². The molecule has 90 valence electrons. The van der Waals surface area contributed by atoms with Gasteiger partial charge in [-0.2, -0.15) is 0 Å². The van der Waals surface area contributed by atoms with Gasteiger partial charge < -0.3 is 19.7 Å². The summed E-state index contributed by atoms with van der Waals surface area (Å²) in [7, 11) is -1.50. The lowest BCUT2D eigenvalue weighted by Gasteiger charge is -2.26. The van der Waals surface area contributed by atoms with Gasteiger partial charge in [-0.05, 0) is 17.6 Å². The molecule has 1 aliphatic rings. The highest BCUT2D eigenvalue weighted by atomic mass is 16.5. The van der Waals surface area contributed by atoms with Crippen LogP contribution in [0.2, 0.25) is 0 Å². The Labute approximate surface area is 99.8 Å². The van der Waals surface area contributed by atoms with E-state index in [0.717, 1.165) is 0 Å². The Morgan fingerprint density at radius 1 is 1.18 bits per heavy atom. The van der Waals surface area contributed by atoms with Crippen molar-refractivity contribution < 1.29 is 19.6 Å². The lowest BCUT2D eigenvalue weighted by molar-refractivity contribution is 0.0303. The van der Waals surface area contributed by atoms with Crippen molar-refractivity contribution in [2.75, 3.05) is 26.3 Å². The van der Waals surface area contributed by atoms with Crippen LogP contribution in [0, 0.1) is 0 Å². The molecule has 0 atom stereocenters. The van der Waals surface area contributed by atoms with Gasteiger partial charge in [-0.15, -0.1) is 0 Å². The molecule has 0 aliphatic carbocycles. The summed E-state index contributed by atoms with van der Waals surface area (Å²) in [6.45, 7) is 2.34. The largest absolute Gasteiger partial charge is 0.488 e. The van der Waals surface area contributed by atoms with Crippen molar-refractivity contribution in [3.05, 3.63) is 29.8 Å².